The fourth-order valence-corrected chi connectivity index (χ4v) is 2.17. The first-order chi connectivity index (χ1) is 7.04. The van der Waals surface area contributed by atoms with Crippen molar-refractivity contribution in [1.29, 1.82) is 0 Å². The third kappa shape index (κ3) is 2.63. The molecule has 0 atom stereocenters. The van der Waals surface area contributed by atoms with Crippen LogP contribution in [0.1, 0.15) is 5.56 Å². The lowest BCUT2D eigenvalue weighted by molar-refractivity contribution is 0.493. The standard InChI is InChI=1S/C11H9F2OP/c12-15(13,14)8-9-5-6-10-3-1-2-4-11(10)7-9/h1-7H,8H2. The van der Waals surface area contributed by atoms with Gasteiger partial charge in [-0.3, -0.25) is 0 Å². The van der Waals surface area contributed by atoms with E-state index in [0.717, 1.165) is 10.8 Å². The van der Waals surface area contributed by atoms with Crippen molar-refractivity contribution >= 4 is 18.5 Å². The van der Waals surface area contributed by atoms with Gasteiger partial charge in [-0.2, -0.15) is 8.39 Å². The van der Waals surface area contributed by atoms with Crippen molar-refractivity contribution in [3.05, 3.63) is 48.0 Å². The summed E-state index contributed by atoms with van der Waals surface area (Å²) in [4.78, 5) is 0. The van der Waals surface area contributed by atoms with Gasteiger partial charge in [0.1, 0.15) is 0 Å². The normalized spacial score (nSPS) is 11.9. The zero-order valence-corrected chi connectivity index (χ0v) is 8.75. The summed E-state index contributed by atoms with van der Waals surface area (Å²) in [6.07, 6.45) is -0.641. The molecule has 4 heteroatoms. The van der Waals surface area contributed by atoms with Crippen molar-refractivity contribution < 1.29 is 13.0 Å². The topological polar surface area (TPSA) is 17.1 Å². The minimum atomic E-state index is -4.97. The van der Waals surface area contributed by atoms with Crippen LogP contribution in [0.25, 0.3) is 10.8 Å². The van der Waals surface area contributed by atoms with Gasteiger partial charge in [-0.1, -0.05) is 42.5 Å². The second-order valence-electron chi connectivity index (χ2n) is 3.41. The smallest absolute Gasteiger partial charge is 0.250 e. The van der Waals surface area contributed by atoms with Crippen molar-refractivity contribution in [3.63, 3.8) is 0 Å². The quantitative estimate of drug-likeness (QED) is 0.690. The summed E-state index contributed by atoms with van der Waals surface area (Å²) in [5.74, 6) is 0. The molecule has 78 valence electrons. The summed E-state index contributed by atoms with van der Waals surface area (Å²) in [5.41, 5.74) is 0.419. The Bertz CT molecular complexity index is 533. The maximum absolute atomic E-state index is 12.4. The maximum atomic E-state index is 12.4. The van der Waals surface area contributed by atoms with Crippen LogP contribution in [-0.4, -0.2) is 0 Å². The second kappa shape index (κ2) is 3.74. The van der Waals surface area contributed by atoms with Gasteiger partial charge in [0.05, 0.1) is 6.16 Å². The van der Waals surface area contributed by atoms with Crippen LogP contribution in [0, 0.1) is 0 Å². The average molecular weight is 226 g/mol. The van der Waals surface area contributed by atoms with Crippen LogP contribution in [-0.2, 0) is 10.7 Å². The van der Waals surface area contributed by atoms with Crippen LogP contribution < -0.4 is 0 Å². The summed E-state index contributed by atoms with van der Waals surface area (Å²) in [6, 6.07) is 12.5. The zero-order valence-electron chi connectivity index (χ0n) is 7.86. The van der Waals surface area contributed by atoms with E-state index in [-0.39, 0.29) is 0 Å². The Morgan fingerprint density at radius 2 is 1.67 bits per heavy atom. The molecule has 0 aliphatic heterocycles. The Hall–Kier alpha value is -1.21. The molecule has 0 fully saturated rings. The molecule has 15 heavy (non-hydrogen) atoms. The highest BCUT2D eigenvalue weighted by Gasteiger charge is 2.19. The number of halogens is 2. The van der Waals surface area contributed by atoms with Crippen LogP contribution >= 0.6 is 7.76 Å². The van der Waals surface area contributed by atoms with E-state index in [1.54, 1.807) is 18.2 Å². The van der Waals surface area contributed by atoms with Gasteiger partial charge in [0.2, 0.25) is 0 Å². The van der Waals surface area contributed by atoms with E-state index in [0.29, 0.717) is 5.56 Å². The molecule has 0 radical (unpaired) electrons. The molecule has 0 saturated carbocycles. The Morgan fingerprint density at radius 1 is 1.00 bits per heavy atom. The fraction of sp³-hybridized carbons (Fsp3) is 0.0909. The lowest BCUT2D eigenvalue weighted by Gasteiger charge is -2.02. The van der Waals surface area contributed by atoms with Gasteiger partial charge in [0, 0.05) is 0 Å². The van der Waals surface area contributed by atoms with E-state index in [2.05, 4.69) is 0 Å². The third-order valence-electron chi connectivity index (χ3n) is 2.18. The first-order valence-electron chi connectivity index (χ1n) is 4.51. The van der Waals surface area contributed by atoms with Gasteiger partial charge in [0.15, 0.2) is 0 Å². The molecule has 2 aromatic rings. The van der Waals surface area contributed by atoms with E-state index in [9.17, 15) is 13.0 Å². The number of hydrogen-bond acceptors (Lipinski definition) is 1. The SMILES string of the molecule is O=P(F)(F)Cc1ccc2ccccc2c1. The van der Waals surface area contributed by atoms with E-state index in [4.69, 9.17) is 0 Å². The first-order valence-corrected chi connectivity index (χ1v) is 6.18. The molecule has 0 aliphatic carbocycles. The van der Waals surface area contributed by atoms with Crippen LogP contribution in [0.4, 0.5) is 8.39 Å². The van der Waals surface area contributed by atoms with Crippen LogP contribution in [0.3, 0.4) is 0 Å². The summed E-state index contributed by atoms with van der Waals surface area (Å²) in [5, 5.41) is 1.89. The summed E-state index contributed by atoms with van der Waals surface area (Å²) in [6.45, 7) is 0. The third-order valence-corrected chi connectivity index (χ3v) is 2.91. The molecule has 0 N–H and O–H groups in total. The maximum Gasteiger partial charge on any atom is 0.407 e. The predicted molar refractivity (Wildman–Crippen MR) is 57.5 cm³/mol. The monoisotopic (exact) mass is 226 g/mol. The lowest BCUT2D eigenvalue weighted by Crippen LogP contribution is -1.81. The summed E-state index contributed by atoms with van der Waals surface area (Å²) in [7, 11) is -4.97. The molecule has 1 nitrogen and oxygen atoms in total. The predicted octanol–water partition coefficient (Wildman–Crippen LogP) is 4.47. The molecule has 0 aromatic heterocycles. The first kappa shape index (κ1) is 10.3. The van der Waals surface area contributed by atoms with E-state index in [1.807, 2.05) is 24.3 Å². The molecule has 0 saturated heterocycles. The largest absolute Gasteiger partial charge is 0.407 e. The average Bonchev–Trinajstić information content (AvgIpc) is 2.15. The van der Waals surface area contributed by atoms with Crippen LogP contribution in [0.2, 0.25) is 0 Å². The highest BCUT2D eigenvalue weighted by molar-refractivity contribution is 7.52. The van der Waals surface area contributed by atoms with Crippen molar-refractivity contribution in [1.82, 2.24) is 0 Å². The highest BCUT2D eigenvalue weighted by Crippen LogP contribution is 2.52. The number of hydrogen-bond donors (Lipinski definition) is 0. The van der Waals surface area contributed by atoms with Crippen molar-refractivity contribution in [3.8, 4) is 0 Å². The van der Waals surface area contributed by atoms with Crippen molar-refractivity contribution in [2.75, 3.05) is 0 Å². The minimum absolute atomic E-state index is 0.419. The molecule has 0 spiro atoms. The number of benzene rings is 2. The molecular formula is C11H9F2OP. The Kier molecular flexibility index (Phi) is 2.57. The van der Waals surface area contributed by atoms with Gasteiger partial charge in [-0.05, 0) is 16.3 Å². The van der Waals surface area contributed by atoms with Crippen LogP contribution in [0.15, 0.2) is 42.5 Å². The summed E-state index contributed by atoms with van der Waals surface area (Å²) >= 11 is 0. The Balaban J connectivity index is 2.43. The highest BCUT2D eigenvalue weighted by atomic mass is 31.2. The van der Waals surface area contributed by atoms with Gasteiger partial charge in [-0.25, -0.2) is 4.57 Å². The van der Waals surface area contributed by atoms with E-state index < -0.39 is 13.9 Å². The Labute approximate surface area is 86.3 Å². The van der Waals surface area contributed by atoms with Crippen molar-refractivity contribution in [2.45, 2.75) is 6.16 Å². The molecule has 0 bridgehead atoms. The Morgan fingerprint density at radius 3 is 2.33 bits per heavy atom. The molecule has 0 amide bonds. The zero-order chi connectivity index (χ0) is 10.9. The molecule has 0 aliphatic rings. The van der Waals surface area contributed by atoms with Gasteiger partial charge < -0.3 is 0 Å². The molecule has 2 rings (SSSR count). The van der Waals surface area contributed by atoms with Crippen molar-refractivity contribution in [2.24, 2.45) is 0 Å². The minimum Gasteiger partial charge on any atom is -0.250 e. The van der Waals surface area contributed by atoms with Crippen LogP contribution in [0.5, 0.6) is 0 Å². The fourth-order valence-electron chi connectivity index (χ4n) is 1.55. The molecular weight excluding hydrogens is 217 g/mol. The van der Waals surface area contributed by atoms with E-state index >= 15 is 0 Å². The second-order valence-corrected chi connectivity index (χ2v) is 4.87. The number of rotatable bonds is 2. The molecule has 2 aromatic carbocycles. The molecule has 0 heterocycles. The van der Waals surface area contributed by atoms with Gasteiger partial charge >= 0.3 is 7.76 Å². The van der Waals surface area contributed by atoms with Gasteiger partial charge in [-0.15, -0.1) is 0 Å². The van der Waals surface area contributed by atoms with E-state index in [1.165, 1.54) is 0 Å². The number of fused-ring (bicyclic) bond motifs is 1. The summed E-state index contributed by atoms with van der Waals surface area (Å²) < 4.78 is 35.1. The lowest BCUT2D eigenvalue weighted by atomic mass is 10.1. The molecule has 0 unspecified atom stereocenters. The van der Waals surface area contributed by atoms with Gasteiger partial charge in [0.25, 0.3) is 0 Å².